The SMILES string of the molecule is COc1ccc(CO[C@@H]2[C@@H](OCc3ccccc3)[C@@H](OC)O[C@@H]3CO[C@@H](c4ccc(OC)cc4)O[C@@H]23)cc1. The summed E-state index contributed by atoms with van der Waals surface area (Å²) in [5, 5.41) is 0. The molecule has 0 saturated carbocycles. The third-order valence-electron chi connectivity index (χ3n) is 6.79. The van der Waals surface area contributed by atoms with Crippen LogP contribution in [0, 0.1) is 0 Å². The predicted molar refractivity (Wildman–Crippen MR) is 139 cm³/mol. The van der Waals surface area contributed by atoms with Crippen LogP contribution in [-0.2, 0) is 41.6 Å². The molecule has 8 nitrogen and oxygen atoms in total. The molecule has 38 heavy (non-hydrogen) atoms. The first kappa shape index (κ1) is 26.6. The first-order chi connectivity index (χ1) is 18.7. The average molecular weight is 523 g/mol. The van der Waals surface area contributed by atoms with Gasteiger partial charge in [-0.3, -0.25) is 0 Å². The van der Waals surface area contributed by atoms with Crippen LogP contribution in [0.5, 0.6) is 11.5 Å². The Balaban J connectivity index is 1.38. The molecule has 0 aliphatic carbocycles. The molecule has 5 rings (SSSR count). The predicted octanol–water partition coefficient (Wildman–Crippen LogP) is 4.66. The van der Waals surface area contributed by atoms with Gasteiger partial charge in [-0.2, -0.15) is 0 Å². The lowest BCUT2D eigenvalue weighted by Crippen LogP contribution is -2.63. The Morgan fingerprint density at radius 3 is 1.92 bits per heavy atom. The molecule has 2 heterocycles. The summed E-state index contributed by atoms with van der Waals surface area (Å²) in [6, 6.07) is 25.4. The molecule has 2 aliphatic heterocycles. The highest BCUT2D eigenvalue weighted by Crippen LogP contribution is 2.37. The summed E-state index contributed by atoms with van der Waals surface area (Å²) in [4.78, 5) is 0. The van der Waals surface area contributed by atoms with Crippen molar-refractivity contribution in [1.29, 1.82) is 0 Å². The molecule has 0 radical (unpaired) electrons. The maximum absolute atomic E-state index is 6.54. The molecule has 0 spiro atoms. The lowest BCUT2D eigenvalue weighted by molar-refractivity contribution is -0.369. The molecule has 3 aromatic carbocycles. The van der Waals surface area contributed by atoms with Crippen LogP contribution in [-0.4, -0.2) is 58.6 Å². The molecule has 202 valence electrons. The second-order valence-electron chi connectivity index (χ2n) is 9.20. The van der Waals surface area contributed by atoms with Gasteiger partial charge in [0.2, 0.25) is 0 Å². The van der Waals surface area contributed by atoms with Crippen molar-refractivity contribution < 1.29 is 37.9 Å². The van der Waals surface area contributed by atoms with E-state index in [1.807, 2.05) is 78.9 Å². The number of hydrogen-bond acceptors (Lipinski definition) is 8. The van der Waals surface area contributed by atoms with Crippen LogP contribution in [0.25, 0.3) is 0 Å². The summed E-state index contributed by atoms with van der Waals surface area (Å²) in [6.45, 7) is 1.07. The van der Waals surface area contributed by atoms with Crippen LogP contribution < -0.4 is 9.47 Å². The molecule has 0 amide bonds. The lowest BCUT2D eigenvalue weighted by Gasteiger charge is -2.48. The van der Waals surface area contributed by atoms with Crippen LogP contribution in [0.4, 0.5) is 0 Å². The Bertz CT molecular complexity index is 1120. The maximum atomic E-state index is 6.54. The number of hydrogen-bond donors (Lipinski definition) is 0. The van der Waals surface area contributed by atoms with Gasteiger partial charge < -0.3 is 37.9 Å². The van der Waals surface area contributed by atoms with Gasteiger partial charge >= 0.3 is 0 Å². The lowest BCUT2D eigenvalue weighted by atomic mass is 9.97. The van der Waals surface area contributed by atoms with Crippen LogP contribution in [0.2, 0.25) is 0 Å². The van der Waals surface area contributed by atoms with Gasteiger partial charge in [0.1, 0.15) is 35.9 Å². The minimum atomic E-state index is -0.648. The number of fused-ring (bicyclic) bond motifs is 1. The Kier molecular flexibility index (Phi) is 8.90. The summed E-state index contributed by atoms with van der Waals surface area (Å²) in [5.74, 6) is 1.56. The Morgan fingerprint density at radius 2 is 1.29 bits per heavy atom. The van der Waals surface area contributed by atoms with E-state index in [4.69, 9.17) is 37.9 Å². The highest BCUT2D eigenvalue weighted by atomic mass is 16.8. The quantitative estimate of drug-likeness (QED) is 0.381. The summed E-state index contributed by atoms with van der Waals surface area (Å²) in [7, 11) is 4.89. The van der Waals surface area contributed by atoms with Crippen molar-refractivity contribution >= 4 is 0 Å². The van der Waals surface area contributed by atoms with Crippen molar-refractivity contribution in [3.05, 3.63) is 95.6 Å². The smallest absolute Gasteiger partial charge is 0.186 e. The zero-order valence-electron chi connectivity index (χ0n) is 21.9. The number of methoxy groups -OCH3 is 3. The molecule has 0 unspecified atom stereocenters. The molecule has 3 aromatic rings. The fourth-order valence-corrected chi connectivity index (χ4v) is 4.71. The van der Waals surface area contributed by atoms with Crippen molar-refractivity contribution in [2.24, 2.45) is 0 Å². The van der Waals surface area contributed by atoms with Crippen molar-refractivity contribution in [2.75, 3.05) is 27.9 Å². The molecule has 6 atom stereocenters. The summed E-state index contributed by atoms with van der Waals surface area (Å²) in [6.07, 6.45) is -3.06. The van der Waals surface area contributed by atoms with E-state index in [1.165, 1.54) is 0 Å². The first-order valence-electron chi connectivity index (χ1n) is 12.7. The molecule has 0 N–H and O–H groups in total. The van der Waals surface area contributed by atoms with Gasteiger partial charge in [0.25, 0.3) is 0 Å². The molecular formula is C30H34O8. The topological polar surface area (TPSA) is 73.8 Å². The van der Waals surface area contributed by atoms with Crippen LogP contribution >= 0.6 is 0 Å². The van der Waals surface area contributed by atoms with Crippen molar-refractivity contribution in [3.63, 3.8) is 0 Å². The Labute approximate surface area is 223 Å². The van der Waals surface area contributed by atoms with Crippen molar-refractivity contribution in [1.82, 2.24) is 0 Å². The number of ether oxygens (including phenoxy) is 8. The fraction of sp³-hybridized carbons (Fsp3) is 0.400. The van der Waals surface area contributed by atoms with E-state index < -0.39 is 30.9 Å². The van der Waals surface area contributed by atoms with Gasteiger partial charge in [-0.15, -0.1) is 0 Å². The first-order valence-corrected chi connectivity index (χ1v) is 12.7. The van der Waals surface area contributed by atoms with E-state index in [0.717, 1.165) is 28.2 Å². The van der Waals surface area contributed by atoms with Gasteiger partial charge in [0.15, 0.2) is 12.6 Å². The van der Waals surface area contributed by atoms with E-state index in [-0.39, 0.29) is 6.10 Å². The highest BCUT2D eigenvalue weighted by molar-refractivity contribution is 5.28. The molecular weight excluding hydrogens is 488 g/mol. The van der Waals surface area contributed by atoms with E-state index in [9.17, 15) is 0 Å². The highest BCUT2D eigenvalue weighted by Gasteiger charge is 2.51. The normalized spacial score (nSPS) is 26.9. The molecule has 2 aliphatic rings. The summed E-state index contributed by atoms with van der Waals surface area (Å²) in [5.41, 5.74) is 2.93. The molecule has 2 saturated heterocycles. The van der Waals surface area contributed by atoms with Gasteiger partial charge in [0, 0.05) is 12.7 Å². The monoisotopic (exact) mass is 522 g/mol. The van der Waals surface area contributed by atoms with Crippen LogP contribution in [0.1, 0.15) is 23.0 Å². The van der Waals surface area contributed by atoms with Gasteiger partial charge in [0.05, 0.1) is 34.0 Å². The number of rotatable bonds is 10. The second kappa shape index (κ2) is 12.7. The Morgan fingerprint density at radius 1 is 0.684 bits per heavy atom. The minimum Gasteiger partial charge on any atom is -0.497 e. The van der Waals surface area contributed by atoms with Crippen molar-refractivity contribution in [2.45, 2.75) is 50.2 Å². The zero-order chi connectivity index (χ0) is 26.3. The summed E-state index contributed by atoms with van der Waals surface area (Å²) >= 11 is 0. The van der Waals surface area contributed by atoms with Gasteiger partial charge in [-0.25, -0.2) is 0 Å². The second-order valence-corrected chi connectivity index (χ2v) is 9.20. The maximum Gasteiger partial charge on any atom is 0.186 e. The molecule has 0 bridgehead atoms. The Hall–Kier alpha value is -2.98. The molecule has 8 heteroatoms. The standard InChI is InChI=1S/C30H34O8/c1-31-23-13-9-21(10-14-23)18-34-27-26-25(19-36-29(38-26)22-11-15-24(32-2)16-12-22)37-30(33-3)28(27)35-17-20-7-5-4-6-8-20/h4-16,25-30H,17-19H2,1-3H3/t25-,26-,27+,28-,29-,30+/m1/s1. The molecule has 0 aromatic heterocycles. The van der Waals surface area contributed by atoms with Gasteiger partial charge in [-0.05, 0) is 35.4 Å². The third kappa shape index (κ3) is 6.18. The molecule has 2 fully saturated rings. The minimum absolute atomic E-state index is 0.328. The largest absolute Gasteiger partial charge is 0.497 e. The van der Waals surface area contributed by atoms with Gasteiger partial charge in [-0.1, -0.05) is 54.6 Å². The van der Waals surface area contributed by atoms with E-state index in [2.05, 4.69) is 0 Å². The van der Waals surface area contributed by atoms with Crippen LogP contribution in [0.15, 0.2) is 78.9 Å². The average Bonchev–Trinajstić information content (AvgIpc) is 2.99. The third-order valence-corrected chi connectivity index (χ3v) is 6.79. The van der Waals surface area contributed by atoms with E-state index in [0.29, 0.717) is 19.8 Å². The fourth-order valence-electron chi connectivity index (χ4n) is 4.71. The summed E-state index contributed by atoms with van der Waals surface area (Å²) < 4.78 is 48.0. The zero-order valence-corrected chi connectivity index (χ0v) is 21.9. The van der Waals surface area contributed by atoms with Crippen LogP contribution in [0.3, 0.4) is 0 Å². The number of benzene rings is 3. The van der Waals surface area contributed by atoms with E-state index in [1.54, 1.807) is 21.3 Å². The van der Waals surface area contributed by atoms with E-state index >= 15 is 0 Å². The van der Waals surface area contributed by atoms with Crippen molar-refractivity contribution in [3.8, 4) is 11.5 Å².